The maximum absolute atomic E-state index is 12.2. The first-order valence-electron chi connectivity index (χ1n) is 7.30. The zero-order valence-corrected chi connectivity index (χ0v) is 14.1. The molecular weight excluding hydrogens is 328 g/mol. The number of rotatable bonds is 6. The van der Waals surface area contributed by atoms with Gasteiger partial charge in [-0.2, -0.15) is 0 Å². The molecule has 0 aliphatic carbocycles. The Morgan fingerprint density at radius 2 is 2.05 bits per heavy atom. The van der Waals surface area contributed by atoms with Gasteiger partial charge in [-0.1, -0.05) is 37.3 Å². The monoisotopic (exact) mass is 348 g/mol. The van der Waals surface area contributed by atoms with E-state index in [0.717, 1.165) is 17.4 Å². The number of halogens is 1. The maximum Gasteiger partial charge on any atom is 0.267 e. The SMILES string of the molecule is CCn1cc(Br)cc1C(=O)NCCC(C)c1ccccc1. The van der Waals surface area contributed by atoms with Crippen LogP contribution in [0.25, 0.3) is 0 Å². The Morgan fingerprint density at radius 3 is 2.71 bits per heavy atom. The lowest BCUT2D eigenvalue weighted by atomic mass is 9.98. The van der Waals surface area contributed by atoms with Crippen LogP contribution in [0.3, 0.4) is 0 Å². The van der Waals surface area contributed by atoms with Crippen molar-refractivity contribution >= 4 is 21.8 Å². The van der Waals surface area contributed by atoms with Crippen LogP contribution >= 0.6 is 15.9 Å². The fourth-order valence-corrected chi connectivity index (χ4v) is 2.83. The Hall–Kier alpha value is -1.55. The summed E-state index contributed by atoms with van der Waals surface area (Å²) >= 11 is 3.41. The van der Waals surface area contributed by atoms with Gasteiger partial charge >= 0.3 is 0 Å². The Kier molecular flexibility index (Phi) is 5.62. The molecule has 1 amide bonds. The van der Waals surface area contributed by atoms with E-state index >= 15 is 0 Å². The number of aryl methyl sites for hydroxylation is 1. The van der Waals surface area contributed by atoms with Crippen molar-refractivity contribution in [2.45, 2.75) is 32.7 Å². The number of aromatic nitrogens is 1. The van der Waals surface area contributed by atoms with Gasteiger partial charge in [0.2, 0.25) is 0 Å². The first-order chi connectivity index (χ1) is 10.1. The molecule has 1 atom stereocenters. The molecule has 2 aromatic rings. The summed E-state index contributed by atoms with van der Waals surface area (Å²) < 4.78 is 2.88. The third-order valence-corrected chi connectivity index (χ3v) is 4.10. The van der Waals surface area contributed by atoms with Gasteiger partial charge in [0.15, 0.2) is 0 Å². The fourth-order valence-electron chi connectivity index (χ4n) is 2.37. The molecule has 0 bridgehead atoms. The van der Waals surface area contributed by atoms with E-state index in [2.05, 4.69) is 52.4 Å². The van der Waals surface area contributed by atoms with Crippen molar-refractivity contribution in [2.24, 2.45) is 0 Å². The van der Waals surface area contributed by atoms with Crippen molar-refractivity contribution in [2.75, 3.05) is 6.54 Å². The van der Waals surface area contributed by atoms with Crippen LogP contribution in [0, 0.1) is 0 Å². The third kappa shape index (κ3) is 4.21. The first-order valence-corrected chi connectivity index (χ1v) is 8.10. The number of carbonyl (C=O) groups is 1. The van der Waals surface area contributed by atoms with Crippen LogP contribution in [-0.2, 0) is 6.54 Å². The zero-order chi connectivity index (χ0) is 15.2. The van der Waals surface area contributed by atoms with Crippen LogP contribution in [0.2, 0.25) is 0 Å². The lowest BCUT2D eigenvalue weighted by molar-refractivity contribution is 0.0943. The standard InChI is InChI=1S/C17H21BrN2O/c1-3-20-12-15(18)11-16(20)17(21)19-10-9-13(2)14-7-5-4-6-8-14/h4-8,11-13H,3,9-10H2,1-2H3,(H,19,21). The molecule has 0 spiro atoms. The highest BCUT2D eigenvalue weighted by atomic mass is 79.9. The summed E-state index contributed by atoms with van der Waals surface area (Å²) in [4.78, 5) is 12.2. The number of hydrogen-bond acceptors (Lipinski definition) is 1. The summed E-state index contributed by atoms with van der Waals surface area (Å²) in [7, 11) is 0. The highest BCUT2D eigenvalue weighted by Gasteiger charge is 2.12. The largest absolute Gasteiger partial charge is 0.351 e. The Balaban J connectivity index is 1.87. The highest BCUT2D eigenvalue weighted by Crippen LogP contribution is 2.18. The molecule has 0 saturated heterocycles. The second-order valence-electron chi connectivity index (χ2n) is 5.19. The predicted molar refractivity (Wildman–Crippen MR) is 89.6 cm³/mol. The molecule has 2 rings (SSSR count). The Morgan fingerprint density at radius 1 is 1.33 bits per heavy atom. The summed E-state index contributed by atoms with van der Waals surface area (Å²) in [6.07, 6.45) is 2.87. The molecule has 0 fully saturated rings. The number of nitrogens with zero attached hydrogens (tertiary/aromatic N) is 1. The predicted octanol–water partition coefficient (Wildman–Crippen LogP) is 4.19. The average molecular weight is 349 g/mol. The smallest absolute Gasteiger partial charge is 0.267 e. The molecule has 1 aromatic heterocycles. The molecule has 112 valence electrons. The van der Waals surface area contributed by atoms with E-state index < -0.39 is 0 Å². The number of hydrogen-bond donors (Lipinski definition) is 1. The minimum atomic E-state index is -0.0113. The second-order valence-corrected chi connectivity index (χ2v) is 6.10. The molecule has 1 unspecified atom stereocenters. The van der Waals surface area contributed by atoms with Crippen LogP contribution < -0.4 is 5.32 Å². The Bertz CT molecular complexity index is 592. The summed E-state index contributed by atoms with van der Waals surface area (Å²) in [5.41, 5.74) is 2.02. The summed E-state index contributed by atoms with van der Waals surface area (Å²) in [6, 6.07) is 12.2. The van der Waals surface area contributed by atoms with E-state index in [1.54, 1.807) is 0 Å². The van der Waals surface area contributed by atoms with Gasteiger partial charge in [-0.15, -0.1) is 0 Å². The maximum atomic E-state index is 12.2. The average Bonchev–Trinajstić information content (AvgIpc) is 2.89. The molecular formula is C17H21BrN2O. The minimum absolute atomic E-state index is 0.0113. The van der Waals surface area contributed by atoms with Gasteiger partial charge in [0.05, 0.1) is 0 Å². The van der Waals surface area contributed by atoms with Gasteiger partial charge < -0.3 is 9.88 Å². The summed E-state index contributed by atoms with van der Waals surface area (Å²) in [5.74, 6) is 0.430. The van der Waals surface area contributed by atoms with E-state index in [9.17, 15) is 4.79 Å². The van der Waals surface area contributed by atoms with E-state index in [1.165, 1.54) is 5.56 Å². The normalized spacial score (nSPS) is 12.1. The van der Waals surface area contributed by atoms with Crippen molar-refractivity contribution in [3.05, 3.63) is 58.3 Å². The quantitative estimate of drug-likeness (QED) is 0.834. The number of carbonyl (C=O) groups excluding carboxylic acids is 1. The number of nitrogens with one attached hydrogen (secondary N) is 1. The van der Waals surface area contributed by atoms with Crippen LogP contribution in [0.4, 0.5) is 0 Å². The molecule has 1 N–H and O–H groups in total. The highest BCUT2D eigenvalue weighted by molar-refractivity contribution is 9.10. The third-order valence-electron chi connectivity index (χ3n) is 3.67. The van der Waals surface area contributed by atoms with Gasteiger partial charge in [0.25, 0.3) is 5.91 Å². The molecule has 0 aliphatic rings. The second kappa shape index (κ2) is 7.46. The first kappa shape index (κ1) is 15.8. The van der Waals surface area contributed by atoms with Crippen LogP contribution in [0.5, 0.6) is 0 Å². The number of amides is 1. The molecule has 3 nitrogen and oxygen atoms in total. The van der Waals surface area contributed by atoms with Crippen molar-refractivity contribution in [1.29, 1.82) is 0 Å². The van der Waals surface area contributed by atoms with Crippen LogP contribution in [0.15, 0.2) is 47.1 Å². The van der Waals surface area contributed by atoms with Crippen LogP contribution in [0.1, 0.15) is 42.2 Å². The van der Waals surface area contributed by atoms with Gasteiger partial charge in [0, 0.05) is 23.8 Å². The lowest BCUT2D eigenvalue weighted by Crippen LogP contribution is -2.27. The van der Waals surface area contributed by atoms with Crippen molar-refractivity contribution in [3.63, 3.8) is 0 Å². The van der Waals surface area contributed by atoms with Gasteiger partial charge in [-0.3, -0.25) is 4.79 Å². The van der Waals surface area contributed by atoms with E-state index in [4.69, 9.17) is 0 Å². The molecule has 1 heterocycles. The van der Waals surface area contributed by atoms with E-state index in [-0.39, 0.29) is 5.91 Å². The molecule has 1 aromatic carbocycles. The van der Waals surface area contributed by atoms with Crippen molar-refractivity contribution in [3.8, 4) is 0 Å². The van der Waals surface area contributed by atoms with Crippen molar-refractivity contribution in [1.82, 2.24) is 9.88 Å². The minimum Gasteiger partial charge on any atom is -0.351 e. The number of benzene rings is 1. The van der Waals surface area contributed by atoms with Crippen LogP contribution in [-0.4, -0.2) is 17.0 Å². The fraction of sp³-hybridized carbons (Fsp3) is 0.353. The molecule has 0 radical (unpaired) electrons. The van der Waals surface area contributed by atoms with Gasteiger partial charge in [0.1, 0.15) is 5.69 Å². The molecule has 0 saturated carbocycles. The Labute approximate surface area is 134 Å². The lowest BCUT2D eigenvalue weighted by Gasteiger charge is -2.13. The van der Waals surface area contributed by atoms with Gasteiger partial charge in [-0.25, -0.2) is 0 Å². The summed E-state index contributed by atoms with van der Waals surface area (Å²) in [6.45, 7) is 5.68. The molecule has 21 heavy (non-hydrogen) atoms. The van der Waals surface area contributed by atoms with E-state index in [0.29, 0.717) is 18.2 Å². The molecule has 0 aliphatic heterocycles. The van der Waals surface area contributed by atoms with E-state index in [1.807, 2.05) is 29.8 Å². The summed E-state index contributed by atoms with van der Waals surface area (Å²) in [5, 5.41) is 3.01. The van der Waals surface area contributed by atoms with Gasteiger partial charge in [-0.05, 0) is 46.8 Å². The topological polar surface area (TPSA) is 34.0 Å². The van der Waals surface area contributed by atoms with Crippen molar-refractivity contribution < 1.29 is 4.79 Å². The zero-order valence-electron chi connectivity index (χ0n) is 12.5. The molecule has 4 heteroatoms.